The van der Waals surface area contributed by atoms with Gasteiger partial charge in [-0.25, -0.2) is 0 Å². The van der Waals surface area contributed by atoms with Crippen LogP contribution in [0.3, 0.4) is 0 Å². The molecule has 18 heavy (non-hydrogen) atoms. The van der Waals surface area contributed by atoms with E-state index in [2.05, 4.69) is 0 Å². The van der Waals surface area contributed by atoms with Crippen LogP contribution in [0.2, 0.25) is 0 Å². The highest BCUT2D eigenvalue weighted by atomic mass is 16.7. The van der Waals surface area contributed by atoms with E-state index in [9.17, 15) is 4.79 Å². The molecular formula is C15H20O3. The van der Waals surface area contributed by atoms with Crippen molar-refractivity contribution in [1.82, 2.24) is 0 Å². The molecule has 1 fully saturated rings. The lowest BCUT2D eigenvalue weighted by atomic mass is 9.90. The van der Waals surface area contributed by atoms with Gasteiger partial charge in [-0.2, -0.15) is 0 Å². The zero-order chi connectivity index (χ0) is 13.6. The van der Waals surface area contributed by atoms with Crippen molar-refractivity contribution in [3.8, 4) is 0 Å². The van der Waals surface area contributed by atoms with Gasteiger partial charge in [-0.05, 0) is 34.6 Å². The van der Waals surface area contributed by atoms with Gasteiger partial charge in [-0.15, -0.1) is 0 Å². The summed E-state index contributed by atoms with van der Waals surface area (Å²) in [7, 11) is 0. The van der Waals surface area contributed by atoms with E-state index in [-0.39, 0.29) is 17.0 Å². The summed E-state index contributed by atoms with van der Waals surface area (Å²) in [5.74, 6) is 0.0281. The average molecular weight is 248 g/mol. The van der Waals surface area contributed by atoms with Gasteiger partial charge in [-0.1, -0.05) is 24.3 Å². The molecule has 2 rings (SSSR count). The third-order valence-electron chi connectivity index (χ3n) is 3.85. The monoisotopic (exact) mass is 248 g/mol. The van der Waals surface area contributed by atoms with Crippen LogP contribution in [-0.2, 0) is 9.47 Å². The highest BCUT2D eigenvalue weighted by Crippen LogP contribution is 2.45. The lowest BCUT2D eigenvalue weighted by molar-refractivity contribution is -0.0898. The first-order valence-corrected chi connectivity index (χ1v) is 6.20. The fourth-order valence-electron chi connectivity index (χ4n) is 1.99. The smallest absolute Gasteiger partial charge is 0.186 e. The van der Waals surface area contributed by atoms with E-state index < -0.39 is 6.29 Å². The van der Waals surface area contributed by atoms with E-state index in [1.807, 2.05) is 52.0 Å². The summed E-state index contributed by atoms with van der Waals surface area (Å²) in [6.45, 7) is 9.57. The Balaban J connectivity index is 2.38. The Labute approximate surface area is 108 Å². The predicted molar refractivity (Wildman–Crippen MR) is 69.5 cm³/mol. The highest BCUT2D eigenvalue weighted by molar-refractivity contribution is 5.95. The first-order valence-electron chi connectivity index (χ1n) is 6.20. The van der Waals surface area contributed by atoms with E-state index in [4.69, 9.17) is 9.47 Å². The van der Waals surface area contributed by atoms with Gasteiger partial charge in [0.2, 0.25) is 0 Å². The van der Waals surface area contributed by atoms with Crippen LogP contribution in [0.5, 0.6) is 0 Å². The molecule has 1 aromatic carbocycles. The summed E-state index contributed by atoms with van der Waals surface area (Å²) in [6.07, 6.45) is -0.477. The first kappa shape index (κ1) is 13.2. The minimum Gasteiger partial charge on any atom is -0.339 e. The molecule has 3 nitrogen and oxygen atoms in total. The second-order valence-corrected chi connectivity index (χ2v) is 5.73. The lowest BCUT2D eigenvalue weighted by Gasteiger charge is -2.30. The number of hydrogen-bond acceptors (Lipinski definition) is 3. The van der Waals surface area contributed by atoms with Gasteiger partial charge in [0.1, 0.15) is 0 Å². The van der Waals surface area contributed by atoms with E-state index in [0.29, 0.717) is 5.56 Å². The number of carbonyl (C=O) groups is 1. The van der Waals surface area contributed by atoms with Crippen molar-refractivity contribution >= 4 is 5.78 Å². The maximum Gasteiger partial charge on any atom is 0.186 e. The molecule has 0 spiro atoms. The second-order valence-electron chi connectivity index (χ2n) is 5.73. The average Bonchev–Trinajstić information content (AvgIpc) is 2.48. The van der Waals surface area contributed by atoms with Crippen molar-refractivity contribution in [3.05, 3.63) is 35.4 Å². The number of rotatable bonds is 2. The molecule has 1 aromatic rings. The van der Waals surface area contributed by atoms with Gasteiger partial charge in [-0.3, -0.25) is 4.79 Å². The third-order valence-corrected chi connectivity index (χ3v) is 3.85. The van der Waals surface area contributed by atoms with Gasteiger partial charge in [0, 0.05) is 11.1 Å². The normalized spacial score (nSPS) is 22.1. The topological polar surface area (TPSA) is 35.5 Å². The van der Waals surface area contributed by atoms with Crippen LogP contribution in [-0.4, -0.2) is 17.0 Å². The highest BCUT2D eigenvalue weighted by Gasteiger charge is 2.49. The molecule has 3 heteroatoms. The van der Waals surface area contributed by atoms with E-state index in [0.717, 1.165) is 5.56 Å². The fourth-order valence-corrected chi connectivity index (χ4v) is 1.99. The van der Waals surface area contributed by atoms with Gasteiger partial charge < -0.3 is 9.47 Å². The van der Waals surface area contributed by atoms with Crippen molar-refractivity contribution in [2.75, 3.05) is 0 Å². The molecule has 1 saturated heterocycles. The van der Waals surface area contributed by atoms with Crippen LogP contribution in [0.4, 0.5) is 0 Å². The first-order chi connectivity index (χ1) is 8.24. The Morgan fingerprint density at radius 3 is 2.06 bits per heavy atom. The lowest BCUT2D eigenvalue weighted by Crippen LogP contribution is -2.41. The quantitative estimate of drug-likeness (QED) is 0.751. The molecule has 1 aliphatic rings. The van der Waals surface area contributed by atoms with E-state index >= 15 is 0 Å². The molecule has 1 heterocycles. The summed E-state index contributed by atoms with van der Waals surface area (Å²) in [5, 5.41) is 0. The number of carbonyl (C=O) groups excluding carboxylic acids is 1. The number of benzene rings is 1. The van der Waals surface area contributed by atoms with Crippen molar-refractivity contribution in [1.29, 1.82) is 0 Å². The van der Waals surface area contributed by atoms with Crippen LogP contribution in [0.15, 0.2) is 24.3 Å². The largest absolute Gasteiger partial charge is 0.339 e. The van der Waals surface area contributed by atoms with Crippen LogP contribution in [0.25, 0.3) is 0 Å². The summed E-state index contributed by atoms with van der Waals surface area (Å²) in [5.41, 5.74) is 0.697. The minimum absolute atomic E-state index is 0.0281. The second kappa shape index (κ2) is 4.18. The summed E-state index contributed by atoms with van der Waals surface area (Å²) in [6, 6.07) is 7.44. The van der Waals surface area contributed by atoms with Gasteiger partial charge in [0.05, 0.1) is 11.2 Å². The molecule has 0 unspecified atom stereocenters. The van der Waals surface area contributed by atoms with Crippen LogP contribution in [0.1, 0.15) is 56.8 Å². The van der Waals surface area contributed by atoms with Gasteiger partial charge in [0.25, 0.3) is 0 Å². The summed E-state index contributed by atoms with van der Waals surface area (Å²) in [4.78, 5) is 11.6. The van der Waals surface area contributed by atoms with E-state index in [1.54, 1.807) is 6.92 Å². The maximum absolute atomic E-state index is 11.6. The Hall–Kier alpha value is -1.19. The van der Waals surface area contributed by atoms with E-state index in [1.165, 1.54) is 0 Å². The fraction of sp³-hybridized carbons (Fsp3) is 0.533. The standard InChI is InChI=1S/C15H20O3/c1-10(16)11-8-6-7-9-12(11)13-17-14(2,3)15(4,5)18-13/h6-9,13H,1-5H3. The minimum atomic E-state index is -0.477. The SMILES string of the molecule is CC(=O)c1ccccc1C1OC(C)(C)C(C)(C)O1. The Kier molecular flexibility index (Phi) is 3.07. The number of Topliss-reactive ketones (excluding diaryl/α,β-unsaturated/α-hetero) is 1. The van der Waals surface area contributed by atoms with Crippen molar-refractivity contribution in [2.24, 2.45) is 0 Å². The third kappa shape index (κ3) is 2.08. The molecular weight excluding hydrogens is 228 g/mol. The molecule has 0 bridgehead atoms. The predicted octanol–water partition coefficient (Wildman–Crippen LogP) is 3.49. The molecule has 0 amide bonds. The molecule has 0 aliphatic carbocycles. The van der Waals surface area contributed by atoms with Crippen molar-refractivity contribution in [3.63, 3.8) is 0 Å². The van der Waals surface area contributed by atoms with Crippen LogP contribution < -0.4 is 0 Å². The number of hydrogen-bond donors (Lipinski definition) is 0. The van der Waals surface area contributed by atoms with Gasteiger partial charge >= 0.3 is 0 Å². The molecule has 0 aromatic heterocycles. The zero-order valence-electron chi connectivity index (χ0n) is 11.6. The molecule has 0 N–H and O–H groups in total. The Morgan fingerprint density at radius 2 is 1.56 bits per heavy atom. The number of ether oxygens (including phenoxy) is 2. The summed E-state index contributed by atoms with van der Waals surface area (Å²) < 4.78 is 11.9. The molecule has 0 radical (unpaired) electrons. The maximum atomic E-state index is 11.6. The van der Waals surface area contributed by atoms with Gasteiger partial charge in [0.15, 0.2) is 12.1 Å². The zero-order valence-corrected chi connectivity index (χ0v) is 11.6. The molecule has 1 aliphatic heterocycles. The van der Waals surface area contributed by atoms with Crippen LogP contribution >= 0.6 is 0 Å². The van der Waals surface area contributed by atoms with Crippen molar-refractivity contribution in [2.45, 2.75) is 52.1 Å². The summed E-state index contributed by atoms with van der Waals surface area (Å²) >= 11 is 0. The van der Waals surface area contributed by atoms with Crippen molar-refractivity contribution < 1.29 is 14.3 Å². The Morgan fingerprint density at radius 1 is 1.06 bits per heavy atom. The number of ketones is 1. The molecule has 0 saturated carbocycles. The molecule has 98 valence electrons. The van der Waals surface area contributed by atoms with Crippen LogP contribution in [0, 0.1) is 0 Å². The Bertz CT molecular complexity index is 458. The molecule has 0 atom stereocenters.